The number of nitrogens with one attached hydrogen (secondary N) is 1. The standard InChI is InChI=1S/C10H11N3O/c1-6-12-8-3-2-7-4-11-5-14-10(7)9(8)13-6/h2-3,5,8-9H,4H2,1H3,(H,12,13). The number of amidine groups is 1. The van der Waals surface area contributed by atoms with Crippen molar-refractivity contribution in [2.24, 2.45) is 9.98 Å². The minimum absolute atomic E-state index is 0.113. The lowest BCUT2D eigenvalue weighted by molar-refractivity contribution is 0.361. The van der Waals surface area contributed by atoms with Crippen LogP contribution in [0.1, 0.15) is 6.92 Å². The average Bonchev–Trinajstić information content (AvgIpc) is 2.59. The Hall–Kier alpha value is -1.58. The molecule has 0 amide bonds. The summed E-state index contributed by atoms with van der Waals surface area (Å²) in [6.07, 6.45) is 5.72. The highest BCUT2D eigenvalue weighted by Crippen LogP contribution is 2.27. The van der Waals surface area contributed by atoms with Crippen LogP contribution in [-0.4, -0.2) is 30.9 Å². The van der Waals surface area contributed by atoms with Gasteiger partial charge in [-0.2, -0.15) is 0 Å². The minimum atomic E-state index is 0.113. The van der Waals surface area contributed by atoms with Gasteiger partial charge in [-0.05, 0) is 6.92 Å². The zero-order valence-corrected chi connectivity index (χ0v) is 7.90. The zero-order valence-electron chi connectivity index (χ0n) is 7.90. The van der Waals surface area contributed by atoms with E-state index in [-0.39, 0.29) is 12.1 Å². The monoisotopic (exact) mass is 189 g/mol. The molecule has 0 aromatic carbocycles. The molecular weight excluding hydrogens is 178 g/mol. The Balaban J connectivity index is 2.00. The van der Waals surface area contributed by atoms with E-state index in [1.54, 1.807) is 0 Å². The van der Waals surface area contributed by atoms with E-state index < -0.39 is 0 Å². The van der Waals surface area contributed by atoms with Gasteiger partial charge >= 0.3 is 0 Å². The quantitative estimate of drug-likeness (QED) is 0.607. The smallest absolute Gasteiger partial charge is 0.176 e. The van der Waals surface area contributed by atoms with Gasteiger partial charge in [0, 0.05) is 5.57 Å². The van der Waals surface area contributed by atoms with E-state index in [0.29, 0.717) is 6.54 Å². The molecule has 0 radical (unpaired) electrons. The van der Waals surface area contributed by atoms with E-state index >= 15 is 0 Å². The van der Waals surface area contributed by atoms with Gasteiger partial charge in [0.05, 0.1) is 18.4 Å². The number of aliphatic imine (C=N–C) groups is 2. The van der Waals surface area contributed by atoms with E-state index in [1.165, 1.54) is 6.40 Å². The molecule has 3 aliphatic rings. The van der Waals surface area contributed by atoms with Crippen LogP contribution < -0.4 is 5.32 Å². The summed E-state index contributed by atoms with van der Waals surface area (Å²) in [5, 5.41) is 3.29. The summed E-state index contributed by atoms with van der Waals surface area (Å²) >= 11 is 0. The van der Waals surface area contributed by atoms with Crippen molar-refractivity contribution in [3.05, 3.63) is 23.5 Å². The van der Waals surface area contributed by atoms with Gasteiger partial charge < -0.3 is 10.1 Å². The van der Waals surface area contributed by atoms with Gasteiger partial charge in [0.2, 0.25) is 0 Å². The molecule has 2 heterocycles. The summed E-state index contributed by atoms with van der Waals surface area (Å²) in [5.74, 6) is 1.93. The van der Waals surface area contributed by atoms with Crippen molar-refractivity contribution in [3.8, 4) is 0 Å². The van der Waals surface area contributed by atoms with Crippen molar-refractivity contribution < 1.29 is 4.74 Å². The predicted molar refractivity (Wildman–Crippen MR) is 54.4 cm³/mol. The summed E-state index contributed by atoms with van der Waals surface area (Å²) < 4.78 is 5.43. The Kier molecular flexibility index (Phi) is 1.50. The van der Waals surface area contributed by atoms with Crippen LogP contribution in [0.25, 0.3) is 0 Å². The van der Waals surface area contributed by atoms with Crippen molar-refractivity contribution in [3.63, 3.8) is 0 Å². The molecule has 0 spiro atoms. The van der Waals surface area contributed by atoms with Gasteiger partial charge in [-0.1, -0.05) is 12.2 Å². The van der Waals surface area contributed by atoms with E-state index in [4.69, 9.17) is 4.74 Å². The van der Waals surface area contributed by atoms with Crippen LogP contribution in [-0.2, 0) is 4.74 Å². The van der Waals surface area contributed by atoms with E-state index in [1.807, 2.05) is 6.92 Å². The lowest BCUT2D eigenvalue weighted by Crippen LogP contribution is -2.36. The molecule has 2 atom stereocenters. The normalized spacial score (nSPS) is 33.1. The molecule has 0 bridgehead atoms. The van der Waals surface area contributed by atoms with Crippen LogP contribution in [0.3, 0.4) is 0 Å². The highest BCUT2D eigenvalue weighted by atomic mass is 16.5. The fourth-order valence-electron chi connectivity index (χ4n) is 2.02. The summed E-state index contributed by atoms with van der Waals surface area (Å²) in [7, 11) is 0. The van der Waals surface area contributed by atoms with Gasteiger partial charge in [0.25, 0.3) is 0 Å². The summed E-state index contributed by atoms with van der Waals surface area (Å²) in [5.41, 5.74) is 1.15. The van der Waals surface area contributed by atoms with Crippen molar-refractivity contribution in [2.45, 2.75) is 19.0 Å². The third-order valence-electron chi connectivity index (χ3n) is 2.65. The molecule has 2 aliphatic heterocycles. The molecule has 3 rings (SSSR count). The molecule has 0 aromatic rings. The zero-order chi connectivity index (χ0) is 9.54. The number of rotatable bonds is 0. The molecule has 2 unspecified atom stereocenters. The first-order valence-corrected chi connectivity index (χ1v) is 4.72. The molecule has 14 heavy (non-hydrogen) atoms. The molecule has 0 aromatic heterocycles. The lowest BCUT2D eigenvalue weighted by Gasteiger charge is -2.25. The third kappa shape index (κ3) is 0.999. The van der Waals surface area contributed by atoms with E-state index in [2.05, 4.69) is 27.5 Å². The minimum Gasteiger partial charge on any atom is -0.448 e. The molecule has 1 N–H and O–H groups in total. The Labute approximate surface area is 82.1 Å². The highest BCUT2D eigenvalue weighted by molar-refractivity contribution is 5.83. The summed E-state index contributed by atoms with van der Waals surface area (Å²) in [6, 6.07) is 0.377. The van der Waals surface area contributed by atoms with Crippen molar-refractivity contribution >= 4 is 12.2 Å². The second-order valence-corrected chi connectivity index (χ2v) is 3.64. The molecule has 72 valence electrons. The first-order chi connectivity index (χ1) is 6.84. The first-order valence-electron chi connectivity index (χ1n) is 4.72. The molecule has 0 saturated carbocycles. The number of fused-ring (bicyclic) bond motifs is 2. The third-order valence-corrected chi connectivity index (χ3v) is 2.65. The average molecular weight is 189 g/mol. The highest BCUT2D eigenvalue weighted by Gasteiger charge is 2.34. The number of hydrogen-bond acceptors (Lipinski definition) is 4. The van der Waals surface area contributed by atoms with Crippen LogP contribution in [0.5, 0.6) is 0 Å². The van der Waals surface area contributed by atoms with Crippen LogP contribution >= 0.6 is 0 Å². The van der Waals surface area contributed by atoms with Crippen LogP contribution in [0.4, 0.5) is 0 Å². The van der Waals surface area contributed by atoms with Gasteiger partial charge in [-0.15, -0.1) is 0 Å². The molecule has 4 nitrogen and oxygen atoms in total. The van der Waals surface area contributed by atoms with Gasteiger partial charge in [0.1, 0.15) is 11.8 Å². The van der Waals surface area contributed by atoms with Crippen molar-refractivity contribution in [1.29, 1.82) is 0 Å². The molecule has 0 saturated heterocycles. The van der Waals surface area contributed by atoms with E-state index in [0.717, 1.165) is 17.2 Å². The van der Waals surface area contributed by atoms with Crippen molar-refractivity contribution in [1.82, 2.24) is 5.32 Å². The lowest BCUT2D eigenvalue weighted by atomic mass is 9.96. The van der Waals surface area contributed by atoms with Gasteiger partial charge in [-0.25, -0.2) is 0 Å². The second-order valence-electron chi connectivity index (χ2n) is 3.64. The summed E-state index contributed by atoms with van der Waals surface area (Å²) in [6.45, 7) is 2.69. The molecule has 0 fully saturated rings. The number of ether oxygens (including phenoxy) is 1. The fraction of sp³-hybridized carbons (Fsp3) is 0.400. The topological polar surface area (TPSA) is 46.0 Å². The van der Waals surface area contributed by atoms with Crippen LogP contribution in [0.2, 0.25) is 0 Å². The maximum atomic E-state index is 5.43. The van der Waals surface area contributed by atoms with Gasteiger partial charge in [-0.3, -0.25) is 9.98 Å². The maximum absolute atomic E-state index is 5.43. The number of nitrogens with zero attached hydrogens (tertiary/aromatic N) is 2. The molecule has 1 aliphatic carbocycles. The fourth-order valence-corrected chi connectivity index (χ4v) is 2.02. The Morgan fingerprint density at radius 2 is 2.50 bits per heavy atom. The SMILES string of the molecule is CC1=NC2C3=C(C=CC2N1)CN=CO3. The Morgan fingerprint density at radius 1 is 1.57 bits per heavy atom. The van der Waals surface area contributed by atoms with Crippen molar-refractivity contribution in [2.75, 3.05) is 6.54 Å². The van der Waals surface area contributed by atoms with Crippen LogP contribution in [0.15, 0.2) is 33.5 Å². The molecule has 4 heteroatoms. The number of hydrogen-bond donors (Lipinski definition) is 1. The Morgan fingerprint density at radius 3 is 3.43 bits per heavy atom. The van der Waals surface area contributed by atoms with Crippen LogP contribution in [0, 0.1) is 0 Å². The Bertz CT molecular complexity index is 392. The van der Waals surface area contributed by atoms with E-state index in [9.17, 15) is 0 Å². The largest absolute Gasteiger partial charge is 0.448 e. The molecular formula is C10H11N3O. The maximum Gasteiger partial charge on any atom is 0.176 e. The van der Waals surface area contributed by atoms with Gasteiger partial charge in [0.15, 0.2) is 6.40 Å². The predicted octanol–water partition coefficient (Wildman–Crippen LogP) is 0.628. The second kappa shape index (κ2) is 2.70. The first kappa shape index (κ1) is 7.79. The summed E-state index contributed by atoms with van der Waals surface area (Å²) in [4.78, 5) is 8.57.